The maximum atomic E-state index is 6.36. The van der Waals surface area contributed by atoms with Crippen LogP contribution in [0.5, 0.6) is 5.75 Å². The zero-order valence-electron chi connectivity index (χ0n) is 16.9. The van der Waals surface area contributed by atoms with Crippen LogP contribution in [0, 0.1) is 0 Å². The number of thiocarbonyl (C=S) groups is 1. The summed E-state index contributed by atoms with van der Waals surface area (Å²) in [6.07, 6.45) is 1.79. The van der Waals surface area contributed by atoms with Crippen LogP contribution in [0.2, 0.25) is 0 Å². The van der Waals surface area contributed by atoms with Crippen molar-refractivity contribution in [1.82, 2.24) is 10.3 Å². The Morgan fingerprint density at radius 3 is 2.58 bits per heavy atom. The summed E-state index contributed by atoms with van der Waals surface area (Å²) >= 11 is 5.76. The second-order valence-electron chi connectivity index (χ2n) is 7.27. The van der Waals surface area contributed by atoms with Gasteiger partial charge in [0.15, 0.2) is 5.11 Å². The summed E-state index contributed by atoms with van der Waals surface area (Å²) < 4.78 is 11.8. The van der Waals surface area contributed by atoms with Crippen molar-refractivity contribution in [1.29, 1.82) is 0 Å². The van der Waals surface area contributed by atoms with Crippen molar-refractivity contribution in [3.63, 3.8) is 0 Å². The van der Waals surface area contributed by atoms with E-state index in [0.717, 1.165) is 34.2 Å². The van der Waals surface area contributed by atoms with E-state index >= 15 is 0 Å². The predicted molar refractivity (Wildman–Crippen MR) is 125 cm³/mol. The first-order valence-electron chi connectivity index (χ1n) is 10.0. The molecule has 0 radical (unpaired) electrons. The zero-order valence-corrected chi connectivity index (χ0v) is 17.8. The fourth-order valence-electron chi connectivity index (χ4n) is 3.95. The van der Waals surface area contributed by atoms with Crippen molar-refractivity contribution in [2.75, 3.05) is 12.0 Å². The normalized spacial score (nSPS) is 18.1. The van der Waals surface area contributed by atoms with Crippen LogP contribution >= 0.6 is 12.2 Å². The van der Waals surface area contributed by atoms with Gasteiger partial charge in [0.05, 0.1) is 18.8 Å². The third-order valence-corrected chi connectivity index (χ3v) is 5.72. The van der Waals surface area contributed by atoms with Crippen molar-refractivity contribution in [3.8, 4) is 17.1 Å². The largest absolute Gasteiger partial charge is 0.497 e. The van der Waals surface area contributed by atoms with Crippen molar-refractivity contribution in [3.05, 3.63) is 103 Å². The number of aromatic nitrogens is 1. The first-order chi connectivity index (χ1) is 15.2. The van der Waals surface area contributed by atoms with Crippen LogP contribution in [-0.2, 0) is 0 Å². The number of ether oxygens (including phenoxy) is 1. The van der Waals surface area contributed by atoms with Crippen LogP contribution < -0.4 is 15.0 Å². The molecule has 2 aromatic heterocycles. The van der Waals surface area contributed by atoms with E-state index in [1.165, 1.54) is 0 Å². The van der Waals surface area contributed by atoms with E-state index in [-0.39, 0.29) is 12.1 Å². The minimum atomic E-state index is -0.202. The van der Waals surface area contributed by atoms with Gasteiger partial charge >= 0.3 is 0 Å². The Kier molecular flexibility index (Phi) is 5.14. The maximum absolute atomic E-state index is 6.36. The van der Waals surface area contributed by atoms with E-state index in [4.69, 9.17) is 21.4 Å². The summed E-state index contributed by atoms with van der Waals surface area (Å²) in [6, 6.07) is 27.5. The predicted octanol–water partition coefficient (Wildman–Crippen LogP) is 5.53. The van der Waals surface area contributed by atoms with Crippen LogP contribution in [0.15, 0.2) is 95.5 Å². The minimum Gasteiger partial charge on any atom is -0.497 e. The lowest BCUT2D eigenvalue weighted by atomic mass is 10.0. The summed E-state index contributed by atoms with van der Waals surface area (Å²) in [5.41, 5.74) is 2.86. The smallest absolute Gasteiger partial charge is 0.174 e. The molecule has 5 rings (SSSR count). The van der Waals surface area contributed by atoms with Gasteiger partial charge < -0.3 is 19.4 Å². The molecular weight excluding hydrogens is 406 g/mol. The standard InChI is InChI=1S/C25H21N3O2S/c1-29-19-11-7-10-18(16-19)28-24(23(27-25(28)31)20-12-5-6-15-26-20)22-14-13-21(30-22)17-8-3-2-4-9-17/h2-16,23-24H,1H3,(H,27,31)/t23-,24+/m0/s1. The lowest BCUT2D eigenvalue weighted by molar-refractivity contribution is 0.414. The van der Waals surface area contributed by atoms with E-state index in [1.807, 2.05) is 84.9 Å². The Labute approximate surface area is 186 Å². The zero-order chi connectivity index (χ0) is 21.2. The van der Waals surface area contributed by atoms with Gasteiger partial charge in [0, 0.05) is 23.5 Å². The van der Waals surface area contributed by atoms with Crippen molar-refractivity contribution >= 4 is 23.0 Å². The molecule has 6 heteroatoms. The van der Waals surface area contributed by atoms with Gasteiger partial charge in [0.2, 0.25) is 0 Å². The summed E-state index contributed by atoms with van der Waals surface area (Å²) in [7, 11) is 1.66. The number of nitrogens with zero attached hydrogens (tertiary/aromatic N) is 2. The Morgan fingerprint density at radius 1 is 0.968 bits per heavy atom. The van der Waals surface area contributed by atoms with Gasteiger partial charge in [-0.3, -0.25) is 4.98 Å². The molecule has 0 amide bonds. The summed E-state index contributed by atoms with van der Waals surface area (Å²) in [4.78, 5) is 6.66. The number of nitrogens with one attached hydrogen (secondary N) is 1. The molecule has 1 aliphatic heterocycles. The molecule has 0 unspecified atom stereocenters. The molecule has 0 spiro atoms. The molecule has 5 nitrogen and oxygen atoms in total. The Hall–Kier alpha value is -3.64. The summed E-state index contributed by atoms with van der Waals surface area (Å²) in [5.74, 6) is 2.40. The quantitative estimate of drug-likeness (QED) is 0.423. The highest BCUT2D eigenvalue weighted by molar-refractivity contribution is 7.80. The molecule has 4 aromatic rings. The molecule has 0 bridgehead atoms. The molecular formula is C25H21N3O2S. The van der Waals surface area contributed by atoms with Gasteiger partial charge in [0.1, 0.15) is 23.3 Å². The molecule has 1 aliphatic rings. The number of benzene rings is 2. The first-order valence-corrected chi connectivity index (χ1v) is 10.5. The molecule has 3 heterocycles. The van der Waals surface area contributed by atoms with Gasteiger partial charge in [-0.05, 0) is 48.6 Å². The van der Waals surface area contributed by atoms with E-state index in [2.05, 4.69) is 15.2 Å². The minimum absolute atomic E-state index is 0.158. The first kappa shape index (κ1) is 19.3. The van der Waals surface area contributed by atoms with Crippen molar-refractivity contribution in [2.24, 2.45) is 0 Å². The number of anilines is 1. The van der Waals surface area contributed by atoms with Gasteiger partial charge in [-0.1, -0.05) is 42.5 Å². The fourth-order valence-corrected chi connectivity index (χ4v) is 4.30. The molecule has 1 saturated heterocycles. The summed E-state index contributed by atoms with van der Waals surface area (Å²) in [5, 5.41) is 4.07. The molecule has 0 aliphatic carbocycles. The lowest BCUT2D eigenvalue weighted by Crippen LogP contribution is -2.29. The van der Waals surface area contributed by atoms with Gasteiger partial charge in [-0.2, -0.15) is 0 Å². The highest BCUT2D eigenvalue weighted by Crippen LogP contribution is 2.43. The average Bonchev–Trinajstić information content (AvgIpc) is 3.45. The number of hydrogen-bond acceptors (Lipinski definition) is 4. The molecule has 31 heavy (non-hydrogen) atoms. The Morgan fingerprint density at radius 2 is 1.81 bits per heavy atom. The highest BCUT2D eigenvalue weighted by atomic mass is 32.1. The fraction of sp³-hybridized carbons (Fsp3) is 0.120. The number of pyridine rings is 1. The molecule has 0 saturated carbocycles. The van der Waals surface area contributed by atoms with Crippen LogP contribution in [0.3, 0.4) is 0 Å². The molecule has 2 aromatic carbocycles. The van der Waals surface area contributed by atoms with Crippen LogP contribution in [0.25, 0.3) is 11.3 Å². The number of methoxy groups -OCH3 is 1. The van der Waals surface area contributed by atoms with Crippen LogP contribution in [0.1, 0.15) is 23.5 Å². The Balaban J connectivity index is 1.61. The third kappa shape index (κ3) is 3.66. The van der Waals surface area contributed by atoms with E-state index in [9.17, 15) is 0 Å². The SMILES string of the molecule is COc1cccc(N2C(=S)N[C@@H](c3ccccn3)[C@H]2c2ccc(-c3ccccc3)o2)c1. The van der Waals surface area contributed by atoms with Crippen LogP contribution in [0.4, 0.5) is 5.69 Å². The van der Waals surface area contributed by atoms with Crippen molar-refractivity contribution in [2.45, 2.75) is 12.1 Å². The molecule has 154 valence electrons. The summed E-state index contributed by atoms with van der Waals surface area (Å²) in [6.45, 7) is 0. The average molecular weight is 428 g/mol. The molecule has 1 N–H and O–H groups in total. The number of furan rings is 1. The van der Waals surface area contributed by atoms with E-state index in [0.29, 0.717) is 5.11 Å². The second kappa shape index (κ2) is 8.24. The highest BCUT2D eigenvalue weighted by Gasteiger charge is 2.42. The number of rotatable bonds is 5. The Bertz CT molecular complexity index is 1190. The second-order valence-corrected chi connectivity index (χ2v) is 7.65. The number of hydrogen-bond donors (Lipinski definition) is 1. The van der Waals surface area contributed by atoms with Gasteiger partial charge in [-0.25, -0.2) is 0 Å². The molecule has 1 fully saturated rings. The maximum Gasteiger partial charge on any atom is 0.174 e. The molecule has 2 atom stereocenters. The van der Waals surface area contributed by atoms with Crippen LogP contribution in [-0.4, -0.2) is 17.2 Å². The van der Waals surface area contributed by atoms with E-state index < -0.39 is 0 Å². The van der Waals surface area contributed by atoms with E-state index in [1.54, 1.807) is 13.3 Å². The third-order valence-electron chi connectivity index (χ3n) is 5.41. The van der Waals surface area contributed by atoms with Crippen molar-refractivity contribution < 1.29 is 9.15 Å². The topological polar surface area (TPSA) is 50.5 Å². The lowest BCUT2D eigenvalue weighted by Gasteiger charge is -2.26. The van der Waals surface area contributed by atoms with Gasteiger partial charge in [0.25, 0.3) is 0 Å². The van der Waals surface area contributed by atoms with Gasteiger partial charge in [-0.15, -0.1) is 0 Å². The monoisotopic (exact) mass is 427 g/mol.